The number of carbonyl (C=O) groups is 1. The second-order valence-electron chi connectivity index (χ2n) is 7.16. The van der Waals surface area contributed by atoms with E-state index >= 15 is 0 Å². The highest BCUT2D eigenvalue weighted by atomic mass is 16.5. The van der Waals surface area contributed by atoms with Crippen LogP contribution >= 0.6 is 0 Å². The fourth-order valence-electron chi connectivity index (χ4n) is 4.44. The molecule has 1 heterocycles. The van der Waals surface area contributed by atoms with E-state index in [2.05, 4.69) is 24.8 Å². The van der Waals surface area contributed by atoms with E-state index in [0.29, 0.717) is 30.7 Å². The molecule has 1 saturated heterocycles. The van der Waals surface area contributed by atoms with E-state index in [0.717, 1.165) is 25.9 Å². The number of rotatable bonds is 4. The Kier molecular flexibility index (Phi) is 4.37. The van der Waals surface area contributed by atoms with Crippen LogP contribution in [0.3, 0.4) is 0 Å². The van der Waals surface area contributed by atoms with Gasteiger partial charge in [-0.2, -0.15) is 0 Å². The molecule has 2 aliphatic rings. The fourth-order valence-corrected chi connectivity index (χ4v) is 4.44. The van der Waals surface area contributed by atoms with Crippen molar-refractivity contribution in [3.8, 4) is 5.75 Å². The third-order valence-electron chi connectivity index (χ3n) is 6.02. The van der Waals surface area contributed by atoms with Gasteiger partial charge in [0.05, 0.1) is 13.0 Å². The Morgan fingerprint density at radius 2 is 2.26 bits per heavy atom. The molecule has 1 unspecified atom stereocenters. The number of carbonyl (C=O) groups excluding carboxylic acids is 1. The van der Waals surface area contributed by atoms with Gasteiger partial charge in [0.2, 0.25) is 0 Å². The van der Waals surface area contributed by atoms with Crippen LogP contribution < -0.4 is 0 Å². The molecule has 126 valence electrons. The molecule has 4 nitrogen and oxygen atoms in total. The molecule has 1 N–H and O–H groups in total. The summed E-state index contributed by atoms with van der Waals surface area (Å²) >= 11 is 0. The highest BCUT2D eigenvalue weighted by Crippen LogP contribution is 2.49. The van der Waals surface area contributed by atoms with Gasteiger partial charge in [-0.1, -0.05) is 19.9 Å². The lowest BCUT2D eigenvalue weighted by Crippen LogP contribution is -2.58. The molecule has 1 aromatic carbocycles. The molecule has 3 atom stereocenters. The molecule has 0 radical (unpaired) electrons. The van der Waals surface area contributed by atoms with Crippen molar-refractivity contribution in [1.29, 1.82) is 0 Å². The summed E-state index contributed by atoms with van der Waals surface area (Å²) < 4.78 is 5.06. The Morgan fingerprint density at radius 3 is 3.00 bits per heavy atom. The average molecular weight is 317 g/mol. The smallest absolute Gasteiger partial charge is 0.307 e. The van der Waals surface area contributed by atoms with Crippen LogP contribution in [0, 0.1) is 5.92 Å². The number of hydrogen-bond acceptors (Lipinski definition) is 4. The minimum Gasteiger partial charge on any atom is -0.508 e. The maximum absolute atomic E-state index is 11.7. The third-order valence-corrected chi connectivity index (χ3v) is 6.02. The first-order valence-corrected chi connectivity index (χ1v) is 8.67. The Morgan fingerprint density at radius 1 is 1.48 bits per heavy atom. The van der Waals surface area contributed by atoms with E-state index in [9.17, 15) is 9.90 Å². The van der Waals surface area contributed by atoms with Crippen molar-refractivity contribution in [3.63, 3.8) is 0 Å². The molecule has 4 heteroatoms. The topological polar surface area (TPSA) is 49.8 Å². The molecule has 0 aromatic heterocycles. The normalized spacial score (nSPS) is 29.9. The monoisotopic (exact) mass is 317 g/mol. The zero-order chi connectivity index (χ0) is 16.6. The fraction of sp³-hybridized carbons (Fsp3) is 0.632. The standard InChI is InChI=1S/C19H27NO3/c1-4-23-18(22)7-9-20-10-8-19(3)13(2)17(20)11-14-5-6-15(21)12-16(14)19/h5-6,12-13,17,21H,4,7-11H2,1-3H3/t13-,17?,19-/m0/s1. The number of ether oxygens (including phenoxy) is 1. The number of hydrogen-bond donors (Lipinski definition) is 1. The van der Waals surface area contributed by atoms with Crippen LogP contribution in [0.4, 0.5) is 0 Å². The molecule has 2 bridgehead atoms. The van der Waals surface area contributed by atoms with Crippen molar-refractivity contribution >= 4 is 5.97 Å². The van der Waals surface area contributed by atoms with Gasteiger partial charge in [0.15, 0.2) is 0 Å². The van der Waals surface area contributed by atoms with Crippen molar-refractivity contribution in [2.24, 2.45) is 5.92 Å². The van der Waals surface area contributed by atoms with E-state index in [1.807, 2.05) is 13.0 Å². The van der Waals surface area contributed by atoms with Gasteiger partial charge in [0, 0.05) is 12.6 Å². The Hall–Kier alpha value is -1.55. The maximum Gasteiger partial charge on any atom is 0.307 e. The lowest BCUT2D eigenvalue weighted by Gasteiger charge is -2.54. The predicted octanol–water partition coefficient (Wildman–Crippen LogP) is 2.87. The number of phenols is 1. The SMILES string of the molecule is CCOC(=O)CCN1CC[C@]2(C)c3cc(O)ccc3CC1[C@@H]2C. The predicted molar refractivity (Wildman–Crippen MR) is 89.6 cm³/mol. The number of likely N-dealkylation sites (tertiary alicyclic amines) is 1. The molecule has 1 fully saturated rings. The van der Waals surface area contributed by atoms with Gasteiger partial charge in [0.25, 0.3) is 0 Å². The van der Waals surface area contributed by atoms with Crippen LogP contribution in [0.1, 0.15) is 44.7 Å². The van der Waals surface area contributed by atoms with E-state index in [1.165, 1.54) is 11.1 Å². The Labute approximate surface area is 138 Å². The highest BCUT2D eigenvalue weighted by Gasteiger charge is 2.48. The van der Waals surface area contributed by atoms with Crippen LogP contribution in [-0.4, -0.2) is 41.7 Å². The molecule has 1 aliphatic carbocycles. The van der Waals surface area contributed by atoms with Crippen LogP contribution in [0.25, 0.3) is 0 Å². The molecule has 23 heavy (non-hydrogen) atoms. The zero-order valence-corrected chi connectivity index (χ0v) is 14.3. The minimum absolute atomic E-state index is 0.102. The first-order valence-electron chi connectivity index (χ1n) is 8.67. The first-order chi connectivity index (χ1) is 11.0. The molecule has 1 aromatic rings. The van der Waals surface area contributed by atoms with Crippen molar-refractivity contribution in [3.05, 3.63) is 29.3 Å². The summed E-state index contributed by atoms with van der Waals surface area (Å²) in [6.45, 7) is 8.71. The van der Waals surface area contributed by atoms with Gasteiger partial charge < -0.3 is 9.84 Å². The number of esters is 1. The summed E-state index contributed by atoms with van der Waals surface area (Å²) in [5, 5.41) is 9.87. The molecule has 0 amide bonds. The molecule has 1 aliphatic heterocycles. The molecule has 0 saturated carbocycles. The van der Waals surface area contributed by atoms with Gasteiger partial charge in [-0.3, -0.25) is 9.69 Å². The van der Waals surface area contributed by atoms with Gasteiger partial charge in [-0.05, 0) is 60.9 Å². The summed E-state index contributed by atoms with van der Waals surface area (Å²) in [5.41, 5.74) is 2.76. The second-order valence-corrected chi connectivity index (χ2v) is 7.16. The Balaban J connectivity index is 1.80. The van der Waals surface area contributed by atoms with Gasteiger partial charge in [-0.25, -0.2) is 0 Å². The van der Waals surface area contributed by atoms with Crippen LogP contribution in [0.5, 0.6) is 5.75 Å². The van der Waals surface area contributed by atoms with E-state index < -0.39 is 0 Å². The number of fused-ring (bicyclic) bond motifs is 4. The van der Waals surface area contributed by atoms with E-state index in [4.69, 9.17) is 4.74 Å². The van der Waals surface area contributed by atoms with Crippen LogP contribution in [0.2, 0.25) is 0 Å². The summed E-state index contributed by atoms with van der Waals surface area (Å²) in [6, 6.07) is 6.27. The summed E-state index contributed by atoms with van der Waals surface area (Å²) in [7, 11) is 0. The number of phenolic OH excluding ortho intramolecular Hbond substituents is 1. The zero-order valence-electron chi connectivity index (χ0n) is 14.3. The number of nitrogens with zero attached hydrogens (tertiary/aromatic N) is 1. The lowest BCUT2D eigenvalue weighted by molar-refractivity contribution is -0.143. The van der Waals surface area contributed by atoms with Crippen LogP contribution in [-0.2, 0) is 21.4 Å². The molecular formula is C19H27NO3. The van der Waals surface area contributed by atoms with Crippen molar-refractivity contribution in [2.45, 2.75) is 51.5 Å². The quantitative estimate of drug-likeness (QED) is 0.868. The highest BCUT2D eigenvalue weighted by molar-refractivity contribution is 5.69. The largest absolute Gasteiger partial charge is 0.508 e. The second kappa shape index (κ2) is 6.16. The minimum atomic E-state index is -0.102. The van der Waals surface area contributed by atoms with Crippen LogP contribution in [0.15, 0.2) is 18.2 Å². The number of benzene rings is 1. The number of aromatic hydroxyl groups is 1. The third kappa shape index (κ3) is 2.85. The molecule has 0 spiro atoms. The Bertz CT molecular complexity index is 600. The van der Waals surface area contributed by atoms with E-state index in [-0.39, 0.29) is 11.4 Å². The molecule has 3 rings (SSSR count). The van der Waals surface area contributed by atoms with Crippen molar-refractivity contribution in [2.75, 3.05) is 19.7 Å². The summed E-state index contributed by atoms with van der Waals surface area (Å²) in [6.07, 6.45) is 2.52. The van der Waals surface area contributed by atoms with E-state index in [1.54, 1.807) is 6.07 Å². The maximum atomic E-state index is 11.7. The number of piperidine rings is 1. The molecular weight excluding hydrogens is 290 g/mol. The summed E-state index contributed by atoms with van der Waals surface area (Å²) in [4.78, 5) is 14.1. The van der Waals surface area contributed by atoms with Crippen molar-refractivity contribution in [1.82, 2.24) is 4.90 Å². The average Bonchev–Trinajstić information content (AvgIpc) is 2.51. The van der Waals surface area contributed by atoms with Gasteiger partial charge >= 0.3 is 5.97 Å². The summed E-state index contributed by atoms with van der Waals surface area (Å²) in [5.74, 6) is 0.766. The van der Waals surface area contributed by atoms with Crippen molar-refractivity contribution < 1.29 is 14.6 Å². The van der Waals surface area contributed by atoms with Gasteiger partial charge in [-0.15, -0.1) is 0 Å². The van der Waals surface area contributed by atoms with Gasteiger partial charge in [0.1, 0.15) is 5.75 Å². The lowest BCUT2D eigenvalue weighted by atomic mass is 9.59. The first kappa shape index (κ1) is 16.3.